The molecule has 1 fully saturated rings. The van der Waals surface area contributed by atoms with Gasteiger partial charge in [-0.1, -0.05) is 6.07 Å². The molecule has 0 radical (unpaired) electrons. The summed E-state index contributed by atoms with van der Waals surface area (Å²) in [6, 6.07) is 6.88. The van der Waals surface area contributed by atoms with Gasteiger partial charge in [-0.2, -0.15) is 11.8 Å². The summed E-state index contributed by atoms with van der Waals surface area (Å²) in [6.45, 7) is 4.99. The van der Waals surface area contributed by atoms with Crippen LogP contribution >= 0.6 is 11.8 Å². The van der Waals surface area contributed by atoms with Crippen molar-refractivity contribution in [2.75, 3.05) is 25.2 Å². The summed E-state index contributed by atoms with van der Waals surface area (Å²) >= 11 is 2.04. The number of hydrogen-bond donors (Lipinski definition) is 1. The lowest BCUT2D eigenvalue weighted by atomic mass is 10.1. The van der Waals surface area contributed by atoms with Gasteiger partial charge >= 0.3 is 0 Å². The maximum absolute atomic E-state index is 5.71. The second-order valence-corrected chi connectivity index (χ2v) is 5.89. The Kier molecular flexibility index (Phi) is 4.92. The van der Waals surface area contributed by atoms with Crippen molar-refractivity contribution in [3.8, 4) is 5.75 Å². The van der Waals surface area contributed by atoms with Gasteiger partial charge in [0.2, 0.25) is 0 Å². The lowest BCUT2D eigenvalue weighted by Crippen LogP contribution is -2.39. The van der Waals surface area contributed by atoms with Crippen LogP contribution < -0.4 is 10.5 Å². The highest BCUT2D eigenvalue weighted by molar-refractivity contribution is 7.99. The molecule has 0 amide bonds. The molecule has 0 bridgehead atoms. The SMILES string of the molecule is COc1ccc(CN)cc1CN1CCSCC1C. The van der Waals surface area contributed by atoms with Crippen LogP contribution in [0.3, 0.4) is 0 Å². The minimum Gasteiger partial charge on any atom is -0.496 e. The van der Waals surface area contributed by atoms with Gasteiger partial charge in [-0.15, -0.1) is 0 Å². The van der Waals surface area contributed by atoms with Crippen LogP contribution in [-0.2, 0) is 13.1 Å². The molecule has 0 aromatic heterocycles. The largest absolute Gasteiger partial charge is 0.496 e. The van der Waals surface area contributed by atoms with E-state index in [2.05, 4.69) is 17.9 Å². The van der Waals surface area contributed by atoms with E-state index in [0.29, 0.717) is 12.6 Å². The first-order chi connectivity index (χ1) is 8.74. The summed E-state index contributed by atoms with van der Waals surface area (Å²) in [4.78, 5) is 2.52. The number of rotatable bonds is 4. The average Bonchev–Trinajstić information content (AvgIpc) is 2.41. The van der Waals surface area contributed by atoms with Gasteiger partial charge in [0.25, 0.3) is 0 Å². The molecule has 18 heavy (non-hydrogen) atoms. The third-order valence-corrected chi connectivity index (χ3v) is 4.65. The van der Waals surface area contributed by atoms with E-state index in [9.17, 15) is 0 Å². The number of nitrogens with zero attached hydrogens (tertiary/aromatic N) is 1. The van der Waals surface area contributed by atoms with Crippen LogP contribution in [0.2, 0.25) is 0 Å². The zero-order valence-corrected chi connectivity index (χ0v) is 12.0. The van der Waals surface area contributed by atoms with Gasteiger partial charge in [-0.05, 0) is 24.6 Å². The molecule has 1 saturated heterocycles. The summed E-state index contributed by atoms with van der Waals surface area (Å²) in [6.07, 6.45) is 0. The molecule has 1 aromatic carbocycles. The second kappa shape index (κ2) is 6.45. The minimum absolute atomic E-state index is 0.586. The lowest BCUT2D eigenvalue weighted by molar-refractivity contribution is 0.221. The number of nitrogens with two attached hydrogens (primary N) is 1. The molecule has 0 aliphatic carbocycles. The van der Waals surface area contributed by atoms with Crippen LogP contribution in [-0.4, -0.2) is 36.1 Å². The molecule has 4 heteroatoms. The topological polar surface area (TPSA) is 38.5 Å². The quantitative estimate of drug-likeness (QED) is 0.905. The van der Waals surface area contributed by atoms with Crippen LogP contribution in [0.15, 0.2) is 18.2 Å². The van der Waals surface area contributed by atoms with E-state index in [1.165, 1.54) is 22.6 Å². The highest BCUT2D eigenvalue weighted by Crippen LogP contribution is 2.25. The van der Waals surface area contributed by atoms with Crippen LogP contribution in [0.5, 0.6) is 5.75 Å². The zero-order chi connectivity index (χ0) is 13.0. The first-order valence-corrected chi connectivity index (χ1v) is 7.57. The Morgan fingerprint density at radius 2 is 2.33 bits per heavy atom. The molecule has 1 aliphatic heterocycles. The molecule has 2 rings (SSSR count). The van der Waals surface area contributed by atoms with E-state index in [1.54, 1.807) is 7.11 Å². The van der Waals surface area contributed by atoms with Gasteiger partial charge in [0.05, 0.1) is 7.11 Å². The molecule has 2 N–H and O–H groups in total. The minimum atomic E-state index is 0.586. The molecular weight excluding hydrogens is 244 g/mol. The van der Waals surface area contributed by atoms with Crippen molar-refractivity contribution in [3.05, 3.63) is 29.3 Å². The number of benzene rings is 1. The molecule has 1 aromatic rings. The van der Waals surface area contributed by atoms with Gasteiger partial charge in [0.1, 0.15) is 5.75 Å². The first-order valence-electron chi connectivity index (χ1n) is 6.42. The van der Waals surface area contributed by atoms with Gasteiger partial charge in [0, 0.05) is 42.7 Å². The fourth-order valence-electron chi connectivity index (χ4n) is 2.30. The number of ether oxygens (including phenoxy) is 1. The van der Waals surface area contributed by atoms with Gasteiger partial charge in [-0.3, -0.25) is 4.90 Å². The van der Waals surface area contributed by atoms with Crippen LogP contribution in [0.1, 0.15) is 18.1 Å². The Morgan fingerprint density at radius 3 is 3.00 bits per heavy atom. The molecule has 1 aliphatic rings. The maximum Gasteiger partial charge on any atom is 0.123 e. The summed E-state index contributed by atoms with van der Waals surface area (Å²) < 4.78 is 5.45. The van der Waals surface area contributed by atoms with Gasteiger partial charge < -0.3 is 10.5 Å². The van der Waals surface area contributed by atoms with Crippen molar-refractivity contribution < 1.29 is 4.74 Å². The molecule has 0 spiro atoms. The Morgan fingerprint density at radius 1 is 1.50 bits per heavy atom. The number of thioether (sulfide) groups is 1. The Bertz CT molecular complexity index is 397. The molecule has 0 saturated carbocycles. The smallest absolute Gasteiger partial charge is 0.123 e. The van der Waals surface area contributed by atoms with Crippen molar-refractivity contribution in [1.29, 1.82) is 0 Å². The third-order valence-electron chi connectivity index (χ3n) is 3.46. The van der Waals surface area contributed by atoms with Crippen molar-refractivity contribution in [2.24, 2.45) is 5.73 Å². The highest BCUT2D eigenvalue weighted by Gasteiger charge is 2.19. The van der Waals surface area contributed by atoms with Crippen LogP contribution in [0.4, 0.5) is 0 Å². The number of methoxy groups -OCH3 is 1. The lowest BCUT2D eigenvalue weighted by Gasteiger charge is -2.33. The summed E-state index contributed by atoms with van der Waals surface area (Å²) in [7, 11) is 1.73. The van der Waals surface area contributed by atoms with E-state index < -0.39 is 0 Å². The second-order valence-electron chi connectivity index (χ2n) is 4.74. The fraction of sp³-hybridized carbons (Fsp3) is 0.571. The fourth-order valence-corrected chi connectivity index (χ4v) is 3.38. The molecule has 1 heterocycles. The normalized spacial score (nSPS) is 20.9. The monoisotopic (exact) mass is 266 g/mol. The molecule has 1 unspecified atom stereocenters. The van der Waals surface area contributed by atoms with Crippen LogP contribution in [0.25, 0.3) is 0 Å². The van der Waals surface area contributed by atoms with Gasteiger partial charge in [-0.25, -0.2) is 0 Å². The van der Waals surface area contributed by atoms with E-state index in [4.69, 9.17) is 10.5 Å². The predicted octanol–water partition coefficient (Wildman–Crippen LogP) is 2.09. The third kappa shape index (κ3) is 3.19. The molecule has 1 atom stereocenters. The highest BCUT2D eigenvalue weighted by atomic mass is 32.2. The molecule has 100 valence electrons. The summed E-state index contributed by atoms with van der Waals surface area (Å²) in [5.41, 5.74) is 8.13. The maximum atomic E-state index is 5.71. The Labute approximate surface area is 114 Å². The van der Waals surface area contributed by atoms with E-state index >= 15 is 0 Å². The first kappa shape index (κ1) is 13.7. The summed E-state index contributed by atoms with van der Waals surface area (Å²) in [5, 5.41) is 0. The Hall–Kier alpha value is -0.710. The van der Waals surface area contributed by atoms with E-state index in [1.807, 2.05) is 23.9 Å². The van der Waals surface area contributed by atoms with E-state index in [0.717, 1.165) is 18.8 Å². The Balaban J connectivity index is 2.15. The number of hydrogen-bond acceptors (Lipinski definition) is 4. The van der Waals surface area contributed by atoms with Crippen molar-refractivity contribution in [2.45, 2.75) is 26.1 Å². The summed E-state index contributed by atoms with van der Waals surface area (Å²) in [5.74, 6) is 3.42. The van der Waals surface area contributed by atoms with Gasteiger partial charge in [0.15, 0.2) is 0 Å². The van der Waals surface area contributed by atoms with Crippen molar-refractivity contribution >= 4 is 11.8 Å². The average molecular weight is 266 g/mol. The molecule has 3 nitrogen and oxygen atoms in total. The zero-order valence-electron chi connectivity index (χ0n) is 11.2. The van der Waals surface area contributed by atoms with E-state index in [-0.39, 0.29) is 0 Å². The van der Waals surface area contributed by atoms with Crippen LogP contribution in [0, 0.1) is 0 Å². The van der Waals surface area contributed by atoms with Crippen molar-refractivity contribution in [1.82, 2.24) is 4.90 Å². The van der Waals surface area contributed by atoms with Crippen molar-refractivity contribution in [3.63, 3.8) is 0 Å². The standard InChI is InChI=1S/C14H22N2OS/c1-11-10-18-6-5-16(11)9-13-7-12(8-15)3-4-14(13)17-2/h3-4,7,11H,5-6,8-10,15H2,1-2H3. The molecular formula is C14H22N2OS. The predicted molar refractivity (Wildman–Crippen MR) is 78.1 cm³/mol.